The minimum atomic E-state index is 0.437. The molecule has 2 aromatic heterocycles. The van der Waals surface area contributed by atoms with Gasteiger partial charge in [-0.1, -0.05) is 21.1 Å². The fraction of sp³-hybridized carbons (Fsp3) is 0.0909. The Balaban J connectivity index is 2.01. The van der Waals surface area contributed by atoms with Crippen molar-refractivity contribution in [2.45, 2.75) is 6.54 Å². The van der Waals surface area contributed by atoms with Crippen LogP contribution in [0, 0.1) is 0 Å². The van der Waals surface area contributed by atoms with E-state index in [9.17, 15) is 0 Å². The monoisotopic (exact) mass is 319 g/mol. The number of nitrogen functional groups attached to an aromatic ring is 1. The molecular formula is C11H10BrN7. The van der Waals surface area contributed by atoms with Gasteiger partial charge < -0.3 is 11.1 Å². The van der Waals surface area contributed by atoms with Gasteiger partial charge in [-0.15, -0.1) is 10.2 Å². The van der Waals surface area contributed by atoms with Crippen LogP contribution in [0.5, 0.6) is 0 Å². The van der Waals surface area contributed by atoms with E-state index in [1.54, 1.807) is 6.20 Å². The first-order valence-corrected chi connectivity index (χ1v) is 6.33. The molecule has 8 heteroatoms. The molecule has 0 saturated heterocycles. The predicted molar refractivity (Wildman–Crippen MR) is 75.4 cm³/mol. The number of nitrogens with two attached hydrogens (primary N) is 1. The van der Waals surface area contributed by atoms with E-state index in [2.05, 4.69) is 46.9 Å². The number of pyridine rings is 1. The number of aromatic nitrogens is 5. The normalized spacial score (nSPS) is 10.8. The number of nitrogens with zero attached hydrogens (tertiary/aromatic N) is 4. The maximum Gasteiger partial charge on any atom is 0.193 e. The molecule has 0 amide bonds. The maximum atomic E-state index is 5.97. The van der Waals surface area contributed by atoms with Gasteiger partial charge in [0.05, 0.1) is 29.6 Å². The lowest BCUT2D eigenvalue weighted by Crippen LogP contribution is -2.05. The Labute approximate surface area is 116 Å². The number of hydrogen-bond donors (Lipinski definition) is 3. The lowest BCUT2D eigenvalue weighted by molar-refractivity contribution is 0.881. The van der Waals surface area contributed by atoms with Crippen LogP contribution in [0.15, 0.2) is 28.9 Å². The molecule has 0 radical (unpaired) electrons. The first kappa shape index (κ1) is 11.8. The minimum Gasteiger partial charge on any atom is -0.396 e. The first-order valence-electron chi connectivity index (χ1n) is 5.54. The van der Waals surface area contributed by atoms with Crippen LogP contribution in [-0.4, -0.2) is 25.6 Å². The summed E-state index contributed by atoms with van der Waals surface area (Å²) in [6, 6.07) is 5.84. The molecule has 3 rings (SSSR count). The largest absolute Gasteiger partial charge is 0.396 e. The van der Waals surface area contributed by atoms with Crippen LogP contribution in [0.3, 0.4) is 0 Å². The van der Waals surface area contributed by atoms with Crippen molar-refractivity contribution < 1.29 is 0 Å². The highest BCUT2D eigenvalue weighted by Crippen LogP contribution is 2.30. The topological polar surface area (TPSA) is 105 Å². The van der Waals surface area contributed by atoms with Gasteiger partial charge in [0, 0.05) is 9.86 Å². The van der Waals surface area contributed by atoms with Crippen molar-refractivity contribution in [1.29, 1.82) is 0 Å². The van der Waals surface area contributed by atoms with Gasteiger partial charge in [0.25, 0.3) is 0 Å². The molecule has 0 aliphatic heterocycles. The third kappa shape index (κ3) is 2.34. The Morgan fingerprint density at radius 2 is 2.26 bits per heavy atom. The third-order valence-electron chi connectivity index (χ3n) is 2.67. The summed E-state index contributed by atoms with van der Waals surface area (Å²) in [6.07, 6.45) is 1.63. The number of fused-ring (bicyclic) bond motifs is 1. The number of nitrogens with one attached hydrogen (secondary N) is 2. The molecule has 7 nitrogen and oxygen atoms in total. The highest BCUT2D eigenvalue weighted by atomic mass is 79.9. The molecule has 4 N–H and O–H groups in total. The molecule has 0 aliphatic rings. The van der Waals surface area contributed by atoms with Crippen molar-refractivity contribution in [2.24, 2.45) is 0 Å². The van der Waals surface area contributed by atoms with E-state index in [-0.39, 0.29) is 0 Å². The second-order valence-corrected chi connectivity index (χ2v) is 4.85. The molecule has 0 atom stereocenters. The number of benzene rings is 1. The van der Waals surface area contributed by atoms with Crippen LogP contribution in [0.4, 0.5) is 11.4 Å². The van der Waals surface area contributed by atoms with Crippen molar-refractivity contribution in [3.8, 4) is 0 Å². The van der Waals surface area contributed by atoms with Gasteiger partial charge in [0.15, 0.2) is 5.82 Å². The summed E-state index contributed by atoms with van der Waals surface area (Å²) < 4.78 is 0.968. The van der Waals surface area contributed by atoms with Crippen LogP contribution >= 0.6 is 15.9 Å². The van der Waals surface area contributed by atoms with Gasteiger partial charge in [0.1, 0.15) is 0 Å². The summed E-state index contributed by atoms with van der Waals surface area (Å²) in [5, 5.41) is 17.8. The fourth-order valence-electron chi connectivity index (χ4n) is 1.80. The molecule has 0 bridgehead atoms. The molecule has 0 fully saturated rings. The number of rotatable bonds is 3. The first-order chi connectivity index (χ1) is 9.24. The number of halogens is 1. The van der Waals surface area contributed by atoms with E-state index in [1.165, 1.54) is 0 Å². The molecule has 0 aliphatic carbocycles. The van der Waals surface area contributed by atoms with Crippen molar-refractivity contribution in [3.63, 3.8) is 0 Å². The van der Waals surface area contributed by atoms with Gasteiger partial charge in [-0.05, 0) is 18.2 Å². The number of tetrazole rings is 1. The lowest BCUT2D eigenvalue weighted by atomic mass is 10.1. The van der Waals surface area contributed by atoms with Crippen LogP contribution in [0.2, 0.25) is 0 Å². The van der Waals surface area contributed by atoms with Gasteiger partial charge in [-0.3, -0.25) is 4.98 Å². The maximum absolute atomic E-state index is 5.97. The Hall–Kier alpha value is -2.22. The number of hydrogen-bond acceptors (Lipinski definition) is 6. The second kappa shape index (κ2) is 4.81. The van der Waals surface area contributed by atoms with Crippen molar-refractivity contribution in [2.75, 3.05) is 11.1 Å². The van der Waals surface area contributed by atoms with E-state index in [0.717, 1.165) is 21.1 Å². The lowest BCUT2D eigenvalue weighted by Gasteiger charge is -2.11. The molecule has 1 aromatic carbocycles. The summed E-state index contributed by atoms with van der Waals surface area (Å²) >= 11 is 3.44. The highest BCUT2D eigenvalue weighted by molar-refractivity contribution is 9.10. The second-order valence-electron chi connectivity index (χ2n) is 3.93. The molecule has 0 unspecified atom stereocenters. The molecule has 0 spiro atoms. The molecule has 2 heterocycles. The zero-order chi connectivity index (χ0) is 13.2. The molecule has 19 heavy (non-hydrogen) atoms. The summed E-state index contributed by atoms with van der Waals surface area (Å²) in [5.41, 5.74) is 8.23. The minimum absolute atomic E-state index is 0.437. The van der Waals surface area contributed by atoms with E-state index in [4.69, 9.17) is 5.73 Å². The number of H-pyrrole nitrogens is 1. The summed E-state index contributed by atoms with van der Waals surface area (Å²) in [4.78, 5) is 4.29. The van der Waals surface area contributed by atoms with E-state index in [1.807, 2.05) is 18.2 Å². The number of anilines is 2. The zero-order valence-corrected chi connectivity index (χ0v) is 11.3. The van der Waals surface area contributed by atoms with Gasteiger partial charge in [0.2, 0.25) is 0 Å². The van der Waals surface area contributed by atoms with Crippen molar-refractivity contribution in [3.05, 3.63) is 34.7 Å². The van der Waals surface area contributed by atoms with E-state index >= 15 is 0 Å². The Morgan fingerprint density at radius 3 is 3.05 bits per heavy atom. The average molecular weight is 320 g/mol. The van der Waals surface area contributed by atoms with Crippen LogP contribution in [0.25, 0.3) is 10.9 Å². The predicted octanol–water partition coefficient (Wildman–Crippen LogP) is 1.70. The van der Waals surface area contributed by atoms with Gasteiger partial charge in [-0.25, -0.2) is 0 Å². The Morgan fingerprint density at radius 1 is 1.37 bits per heavy atom. The molecule has 0 saturated carbocycles. The Kier molecular flexibility index (Phi) is 3.00. The quantitative estimate of drug-likeness (QED) is 0.678. The van der Waals surface area contributed by atoms with E-state index in [0.29, 0.717) is 18.1 Å². The standard InChI is InChI=1S/C11H10BrN7/c12-6-1-2-9-7(3-6)11(8(13)4-14-9)15-5-10-16-18-19-17-10/h1-4H,5,13H2,(H,14,15)(H,16,17,18,19). The van der Waals surface area contributed by atoms with Crippen LogP contribution < -0.4 is 11.1 Å². The summed E-state index contributed by atoms with van der Waals surface area (Å²) in [7, 11) is 0. The average Bonchev–Trinajstić information content (AvgIpc) is 2.91. The molecule has 96 valence electrons. The third-order valence-corrected chi connectivity index (χ3v) is 3.17. The SMILES string of the molecule is Nc1cnc2ccc(Br)cc2c1NCc1nn[nH]n1. The number of aromatic amines is 1. The van der Waals surface area contributed by atoms with Crippen molar-refractivity contribution >= 4 is 38.2 Å². The molecular weight excluding hydrogens is 310 g/mol. The highest BCUT2D eigenvalue weighted by Gasteiger charge is 2.08. The van der Waals surface area contributed by atoms with Crippen molar-refractivity contribution in [1.82, 2.24) is 25.6 Å². The van der Waals surface area contributed by atoms with Gasteiger partial charge in [-0.2, -0.15) is 5.21 Å². The fourth-order valence-corrected chi connectivity index (χ4v) is 2.16. The van der Waals surface area contributed by atoms with E-state index < -0.39 is 0 Å². The summed E-state index contributed by atoms with van der Waals surface area (Å²) in [5.74, 6) is 0.569. The van der Waals surface area contributed by atoms with Crippen LogP contribution in [0.1, 0.15) is 5.82 Å². The van der Waals surface area contributed by atoms with Crippen LogP contribution in [-0.2, 0) is 6.54 Å². The summed E-state index contributed by atoms with van der Waals surface area (Å²) in [6.45, 7) is 0.437. The smallest absolute Gasteiger partial charge is 0.193 e. The Bertz CT molecular complexity index is 705. The van der Waals surface area contributed by atoms with Gasteiger partial charge >= 0.3 is 0 Å². The zero-order valence-electron chi connectivity index (χ0n) is 9.76. The molecule has 3 aromatic rings.